The molecule has 6 heteroatoms. The van der Waals surface area contributed by atoms with E-state index >= 15 is 0 Å². The second-order valence-corrected chi connectivity index (χ2v) is 7.05. The highest BCUT2D eigenvalue weighted by molar-refractivity contribution is 5.78. The first-order valence-corrected chi connectivity index (χ1v) is 9.68. The summed E-state index contributed by atoms with van der Waals surface area (Å²) in [5.74, 6) is 0.396. The number of nitrogens with one attached hydrogen (secondary N) is 1. The van der Waals surface area contributed by atoms with Gasteiger partial charge in [0.1, 0.15) is 0 Å². The van der Waals surface area contributed by atoms with Gasteiger partial charge in [-0.25, -0.2) is 0 Å². The molecule has 2 aliphatic rings. The predicted octanol–water partition coefficient (Wildman–Crippen LogP) is 0.923. The number of carbonyl (C=O) groups is 2. The van der Waals surface area contributed by atoms with E-state index in [1.807, 2.05) is 0 Å². The summed E-state index contributed by atoms with van der Waals surface area (Å²) >= 11 is 0. The third-order valence-corrected chi connectivity index (χ3v) is 4.97. The Hall–Kier alpha value is -1.14. The number of nitrogens with zero attached hydrogens (tertiary/aromatic N) is 3. The quantitative estimate of drug-likeness (QED) is 0.783. The van der Waals surface area contributed by atoms with Crippen LogP contribution >= 0.6 is 0 Å². The maximum atomic E-state index is 12.5. The molecule has 2 fully saturated rings. The first kappa shape index (κ1) is 19.2. The maximum absolute atomic E-state index is 12.5. The fourth-order valence-electron chi connectivity index (χ4n) is 3.42. The number of hydrogen-bond donors (Lipinski definition) is 1. The van der Waals surface area contributed by atoms with Crippen molar-refractivity contribution in [2.24, 2.45) is 0 Å². The number of likely N-dealkylation sites (tertiary alicyclic amines) is 1. The summed E-state index contributed by atoms with van der Waals surface area (Å²) in [5, 5.41) is 2.92. The zero-order valence-corrected chi connectivity index (χ0v) is 15.3. The van der Waals surface area contributed by atoms with Crippen LogP contribution in [-0.2, 0) is 9.59 Å². The van der Waals surface area contributed by atoms with Gasteiger partial charge in [-0.1, -0.05) is 26.2 Å². The molecule has 6 nitrogen and oxygen atoms in total. The molecule has 0 bridgehead atoms. The van der Waals surface area contributed by atoms with Gasteiger partial charge in [-0.15, -0.1) is 0 Å². The molecule has 24 heavy (non-hydrogen) atoms. The van der Waals surface area contributed by atoms with Gasteiger partial charge in [0.15, 0.2) is 0 Å². The van der Waals surface area contributed by atoms with Crippen molar-refractivity contribution in [3.05, 3.63) is 0 Å². The Morgan fingerprint density at radius 3 is 1.92 bits per heavy atom. The number of hydrogen-bond acceptors (Lipinski definition) is 4. The molecule has 138 valence electrons. The van der Waals surface area contributed by atoms with E-state index in [9.17, 15) is 9.59 Å². The van der Waals surface area contributed by atoms with Crippen LogP contribution in [0, 0.1) is 0 Å². The van der Waals surface area contributed by atoms with E-state index in [-0.39, 0.29) is 11.8 Å². The molecule has 2 aliphatic heterocycles. The van der Waals surface area contributed by atoms with Crippen LogP contribution in [0.1, 0.15) is 45.4 Å². The van der Waals surface area contributed by atoms with E-state index in [0.717, 1.165) is 65.1 Å². The molecule has 0 atom stereocenters. The summed E-state index contributed by atoms with van der Waals surface area (Å²) in [6.45, 7) is 9.17. The Kier molecular flexibility index (Phi) is 8.53. The van der Waals surface area contributed by atoms with Crippen molar-refractivity contribution in [3.8, 4) is 0 Å². The van der Waals surface area contributed by atoms with Crippen LogP contribution in [0.3, 0.4) is 0 Å². The van der Waals surface area contributed by atoms with Gasteiger partial charge in [-0.3, -0.25) is 19.4 Å². The average Bonchev–Trinajstić information content (AvgIpc) is 2.54. The highest BCUT2D eigenvalue weighted by atomic mass is 16.2. The lowest BCUT2D eigenvalue weighted by Gasteiger charge is -2.35. The van der Waals surface area contributed by atoms with Gasteiger partial charge in [0, 0.05) is 45.8 Å². The molecule has 0 saturated carbocycles. The van der Waals surface area contributed by atoms with Gasteiger partial charge in [-0.05, 0) is 19.3 Å². The highest BCUT2D eigenvalue weighted by Gasteiger charge is 2.22. The summed E-state index contributed by atoms with van der Waals surface area (Å²) < 4.78 is 0. The normalized spacial score (nSPS) is 21.1. The largest absolute Gasteiger partial charge is 0.355 e. The topological polar surface area (TPSA) is 55.9 Å². The van der Waals surface area contributed by atoms with Crippen LogP contribution in [0.25, 0.3) is 0 Å². The van der Waals surface area contributed by atoms with Gasteiger partial charge < -0.3 is 10.2 Å². The number of carbonyl (C=O) groups excluding carboxylic acids is 2. The van der Waals surface area contributed by atoms with E-state index in [1.165, 1.54) is 19.3 Å². The van der Waals surface area contributed by atoms with Crippen LogP contribution in [0.5, 0.6) is 0 Å². The van der Waals surface area contributed by atoms with Crippen LogP contribution in [0.4, 0.5) is 0 Å². The SMILES string of the molecule is CCCNC(=O)CN1CCN(CC(=O)N2CCCCCCC2)CC1. The summed E-state index contributed by atoms with van der Waals surface area (Å²) in [4.78, 5) is 30.8. The Labute approximate surface area is 146 Å². The molecule has 0 aromatic carbocycles. The van der Waals surface area contributed by atoms with Crippen LogP contribution in [-0.4, -0.2) is 85.4 Å². The first-order valence-electron chi connectivity index (χ1n) is 9.68. The van der Waals surface area contributed by atoms with E-state index < -0.39 is 0 Å². The van der Waals surface area contributed by atoms with Crippen molar-refractivity contribution in [2.75, 3.05) is 58.9 Å². The van der Waals surface area contributed by atoms with Gasteiger partial charge in [0.25, 0.3) is 0 Å². The molecular formula is C18H34N4O2. The number of rotatable bonds is 6. The summed E-state index contributed by atoms with van der Waals surface area (Å²) in [6.07, 6.45) is 7.08. The van der Waals surface area contributed by atoms with Gasteiger partial charge in [0.05, 0.1) is 13.1 Å². The van der Waals surface area contributed by atoms with Crippen molar-refractivity contribution in [1.82, 2.24) is 20.0 Å². The second kappa shape index (κ2) is 10.7. The zero-order valence-electron chi connectivity index (χ0n) is 15.3. The molecule has 0 unspecified atom stereocenters. The molecule has 0 aliphatic carbocycles. The first-order chi connectivity index (χ1) is 11.7. The Bertz CT molecular complexity index is 386. The van der Waals surface area contributed by atoms with E-state index in [4.69, 9.17) is 0 Å². The van der Waals surface area contributed by atoms with Crippen molar-refractivity contribution >= 4 is 11.8 Å². The van der Waals surface area contributed by atoms with Crippen LogP contribution < -0.4 is 5.32 Å². The lowest BCUT2D eigenvalue weighted by molar-refractivity contribution is -0.133. The maximum Gasteiger partial charge on any atom is 0.236 e. The Morgan fingerprint density at radius 1 is 0.792 bits per heavy atom. The minimum Gasteiger partial charge on any atom is -0.355 e. The minimum atomic E-state index is 0.113. The summed E-state index contributed by atoms with van der Waals surface area (Å²) in [5.41, 5.74) is 0. The fraction of sp³-hybridized carbons (Fsp3) is 0.889. The third kappa shape index (κ3) is 6.77. The molecule has 2 amide bonds. The lowest BCUT2D eigenvalue weighted by atomic mass is 10.1. The molecule has 1 N–H and O–H groups in total. The van der Waals surface area contributed by atoms with Crippen molar-refractivity contribution < 1.29 is 9.59 Å². The zero-order chi connectivity index (χ0) is 17.2. The molecule has 0 aromatic heterocycles. The van der Waals surface area contributed by atoms with Crippen molar-refractivity contribution in [1.29, 1.82) is 0 Å². The number of amides is 2. The molecule has 0 radical (unpaired) electrons. The van der Waals surface area contributed by atoms with E-state index in [0.29, 0.717) is 13.1 Å². The summed E-state index contributed by atoms with van der Waals surface area (Å²) in [7, 11) is 0. The van der Waals surface area contributed by atoms with Crippen molar-refractivity contribution in [2.45, 2.75) is 45.4 Å². The smallest absolute Gasteiger partial charge is 0.236 e. The molecule has 2 rings (SSSR count). The Balaban J connectivity index is 1.66. The van der Waals surface area contributed by atoms with Crippen LogP contribution in [0.2, 0.25) is 0 Å². The van der Waals surface area contributed by atoms with Gasteiger partial charge in [-0.2, -0.15) is 0 Å². The standard InChI is InChI=1S/C18H34N4O2/c1-2-8-19-17(23)15-20-11-13-21(14-12-20)16-18(24)22-9-6-4-3-5-7-10-22/h2-16H2,1H3,(H,19,23). The second-order valence-electron chi connectivity index (χ2n) is 7.05. The molecule has 2 heterocycles. The predicted molar refractivity (Wildman–Crippen MR) is 95.8 cm³/mol. The minimum absolute atomic E-state index is 0.113. The monoisotopic (exact) mass is 338 g/mol. The number of piperazine rings is 1. The third-order valence-electron chi connectivity index (χ3n) is 4.97. The Morgan fingerprint density at radius 2 is 1.33 bits per heavy atom. The van der Waals surface area contributed by atoms with E-state index in [2.05, 4.69) is 26.9 Å². The lowest BCUT2D eigenvalue weighted by Crippen LogP contribution is -2.52. The molecule has 2 saturated heterocycles. The average molecular weight is 338 g/mol. The molecule has 0 spiro atoms. The summed E-state index contributed by atoms with van der Waals surface area (Å²) in [6, 6.07) is 0. The van der Waals surface area contributed by atoms with E-state index in [1.54, 1.807) is 0 Å². The fourth-order valence-corrected chi connectivity index (χ4v) is 3.42. The van der Waals surface area contributed by atoms with Crippen molar-refractivity contribution in [3.63, 3.8) is 0 Å². The molecule has 0 aromatic rings. The van der Waals surface area contributed by atoms with Crippen LogP contribution in [0.15, 0.2) is 0 Å². The molecular weight excluding hydrogens is 304 g/mol. The highest BCUT2D eigenvalue weighted by Crippen LogP contribution is 2.11. The van der Waals surface area contributed by atoms with Gasteiger partial charge in [0.2, 0.25) is 11.8 Å². The van der Waals surface area contributed by atoms with Gasteiger partial charge >= 0.3 is 0 Å².